The first-order chi connectivity index (χ1) is 7.79. The third-order valence-electron chi connectivity index (χ3n) is 2.12. The molecule has 0 spiro atoms. The van der Waals surface area contributed by atoms with Crippen LogP contribution in [0.2, 0.25) is 0 Å². The van der Waals surface area contributed by atoms with Crippen molar-refractivity contribution in [3.05, 3.63) is 29.3 Å². The van der Waals surface area contributed by atoms with Gasteiger partial charge >= 0.3 is 0 Å². The van der Waals surface area contributed by atoms with Crippen molar-refractivity contribution in [2.24, 2.45) is 5.73 Å². The lowest BCUT2D eigenvalue weighted by Crippen LogP contribution is -2.12. The van der Waals surface area contributed by atoms with Crippen molar-refractivity contribution in [2.75, 3.05) is 12.8 Å². The van der Waals surface area contributed by atoms with Crippen LogP contribution in [0.5, 0.6) is 0 Å². The molecule has 17 heavy (non-hydrogen) atoms. The van der Waals surface area contributed by atoms with E-state index in [1.807, 2.05) is 0 Å². The highest BCUT2D eigenvalue weighted by Crippen LogP contribution is 2.21. The monoisotopic (exact) mass is 263 g/mol. The third-order valence-corrected chi connectivity index (χ3v) is 3.23. The first-order valence-corrected chi connectivity index (χ1v) is 6.59. The van der Waals surface area contributed by atoms with Gasteiger partial charge in [0.1, 0.15) is 4.90 Å². The van der Waals surface area contributed by atoms with Crippen LogP contribution in [0.3, 0.4) is 0 Å². The van der Waals surface area contributed by atoms with Gasteiger partial charge in [0.25, 0.3) is 0 Å². The van der Waals surface area contributed by atoms with Crippen LogP contribution in [0.15, 0.2) is 17.0 Å². The van der Waals surface area contributed by atoms with Gasteiger partial charge in [-0.05, 0) is 18.7 Å². The lowest BCUT2D eigenvalue weighted by atomic mass is 10.1. The summed E-state index contributed by atoms with van der Waals surface area (Å²) >= 11 is 0. The van der Waals surface area contributed by atoms with Crippen molar-refractivity contribution in [1.29, 1.82) is 0 Å². The van der Waals surface area contributed by atoms with E-state index in [-0.39, 0.29) is 13.0 Å². The highest BCUT2D eigenvalue weighted by Gasteiger charge is 2.22. The molecule has 0 fully saturated rings. The number of hydrogen-bond donors (Lipinski definition) is 1. The van der Waals surface area contributed by atoms with Crippen molar-refractivity contribution in [1.82, 2.24) is 0 Å². The van der Waals surface area contributed by atoms with Crippen LogP contribution in [-0.2, 0) is 9.84 Å². The predicted molar refractivity (Wildman–Crippen MR) is 57.5 cm³/mol. The molecule has 0 radical (unpaired) electrons. The Morgan fingerprint density at radius 3 is 2.35 bits per heavy atom. The Bertz CT molecular complexity index is 555. The van der Waals surface area contributed by atoms with Crippen LogP contribution >= 0.6 is 0 Å². The summed E-state index contributed by atoms with van der Waals surface area (Å²) in [6, 6.07) is 1.82. The summed E-state index contributed by atoms with van der Waals surface area (Å²) < 4.78 is 49.1. The summed E-state index contributed by atoms with van der Waals surface area (Å²) in [5.41, 5.74) is 4.64. The lowest BCUT2D eigenvalue weighted by molar-refractivity contribution is 0.0980. The third kappa shape index (κ3) is 2.86. The van der Waals surface area contributed by atoms with E-state index in [4.69, 9.17) is 5.73 Å². The molecule has 1 aromatic carbocycles. The fraction of sp³-hybridized carbons (Fsp3) is 0.300. The summed E-state index contributed by atoms with van der Waals surface area (Å²) in [6.45, 7) is 0.00766. The van der Waals surface area contributed by atoms with E-state index in [2.05, 4.69) is 0 Å². The minimum Gasteiger partial charge on any atom is -0.330 e. The second-order valence-electron chi connectivity index (χ2n) is 3.47. The fourth-order valence-electron chi connectivity index (χ4n) is 1.30. The standard InChI is InChI=1S/C10H11F2NO3S/c1-17(15,16)8-3-2-6(7(14)4-5-13)9(11)10(8)12/h2-3H,4-5,13H2,1H3. The zero-order valence-electron chi connectivity index (χ0n) is 9.04. The van der Waals surface area contributed by atoms with Crippen LogP contribution in [0, 0.1) is 11.6 Å². The fourth-order valence-corrected chi connectivity index (χ4v) is 2.03. The molecule has 0 amide bonds. The molecule has 7 heteroatoms. The maximum atomic E-state index is 13.5. The normalized spacial score (nSPS) is 11.5. The Morgan fingerprint density at radius 1 is 1.29 bits per heavy atom. The molecule has 0 saturated carbocycles. The zero-order valence-corrected chi connectivity index (χ0v) is 9.85. The van der Waals surface area contributed by atoms with E-state index >= 15 is 0 Å². The van der Waals surface area contributed by atoms with Gasteiger partial charge < -0.3 is 5.73 Å². The zero-order chi connectivity index (χ0) is 13.2. The molecule has 0 unspecified atom stereocenters. The number of carbonyl (C=O) groups excluding carboxylic acids is 1. The second kappa shape index (κ2) is 4.89. The average molecular weight is 263 g/mol. The van der Waals surface area contributed by atoms with E-state index in [1.54, 1.807) is 0 Å². The molecule has 0 aliphatic carbocycles. The van der Waals surface area contributed by atoms with Gasteiger partial charge in [-0.25, -0.2) is 17.2 Å². The number of carbonyl (C=O) groups is 1. The van der Waals surface area contributed by atoms with Crippen molar-refractivity contribution in [3.63, 3.8) is 0 Å². The van der Waals surface area contributed by atoms with E-state index in [9.17, 15) is 22.0 Å². The van der Waals surface area contributed by atoms with Gasteiger partial charge in [0.15, 0.2) is 27.3 Å². The van der Waals surface area contributed by atoms with Gasteiger partial charge in [0.2, 0.25) is 0 Å². The summed E-state index contributed by atoms with van der Waals surface area (Å²) in [5.74, 6) is -3.65. The van der Waals surface area contributed by atoms with Gasteiger partial charge in [-0.15, -0.1) is 0 Å². The molecule has 0 heterocycles. The van der Waals surface area contributed by atoms with Crippen LogP contribution in [0.1, 0.15) is 16.8 Å². The highest BCUT2D eigenvalue weighted by molar-refractivity contribution is 7.90. The number of halogens is 2. The molecule has 0 aliphatic heterocycles. The Hall–Kier alpha value is -1.34. The molecular weight excluding hydrogens is 252 g/mol. The maximum absolute atomic E-state index is 13.5. The molecule has 0 aromatic heterocycles. The number of sulfone groups is 1. The Morgan fingerprint density at radius 2 is 1.88 bits per heavy atom. The van der Waals surface area contributed by atoms with Crippen molar-refractivity contribution < 1.29 is 22.0 Å². The van der Waals surface area contributed by atoms with Gasteiger partial charge in [-0.3, -0.25) is 4.79 Å². The Balaban J connectivity index is 3.34. The highest BCUT2D eigenvalue weighted by atomic mass is 32.2. The summed E-state index contributed by atoms with van der Waals surface area (Å²) in [4.78, 5) is 10.6. The van der Waals surface area contributed by atoms with Crippen molar-refractivity contribution >= 4 is 15.6 Å². The second-order valence-corrected chi connectivity index (χ2v) is 5.46. The average Bonchev–Trinajstić information content (AvgIpc) is 2.20. The van der Waals surface area contributed by atoms with E-state index in [1.165, 1.54) is 0 Å². The molecule has 0 aliphatic rings. The van der Waals surface area contributed by atoms with Crippen LogP contribution in [0.25, 0.3) is 0 Å². The minimum atomic E-state index is -3.86. The largest absolute Gasteiger partial charge is 0.330 e. The molecule has 1 rings (SSSR count). The number of nitrogens with two attached hydrogens (primary N) is 1. The Labute approximate surface area is 97.3 Å². The van der Waals surface area contributed by atoms with E-state index in [0.29, 0.717) is 0 Å². The van der Waals surface area contributed by atoms with Gasteiger partial charge in [-0.1, -0.05) is 0 Å². The first kappa shape index (κ1) is 13.7. The number of ketones is 1. The molecule has 1 aromatic rings. The van der Waals surface area contributed by atoms with Gasteiger partial charge in [0, 0.05) is 12.7 Å². The van der Waals surface area contributed by atoms with Gasteiger partial charge in [0.05, 0.1) is 5.56 Å². The molecule has 4 nitrogen and oxygen atoms in total. The predicted octanol–water partition coefficient (Wildman–Crippen LogP) is 0.900. The molecule has 2 N–H and O–H groups in total. The minimum absolute atomic E-state index is 0.00766. The SMILES string of the molecule is CS(=O)(=O)c1ccc(C(=O)CCN)c(F)c1F. The molecule has 0 atom stereocenters. The maximum Gasteiger partial charge on any atom is 0.178 e. The molecular formula is C10H11F2NO3S. The summed E-state index contributed by atoms with van der Waals surface area (Å²) in [7, 11) is -3.86. The van der Waals surface area contributed by atoms with E-state index < -0.39 is 37.7 Å². The van der Waals surface area contributed by atoms with Crippen LogP contribution in [-0.4, -0.2) is 27.0 Å². The molecule has 0 saturated heterocycles. The number of benzene rings is 1. The van der Waals surface area contributed by atoms with Crippen LogP contribution in [0.4, 0.5) is 8.78 Å². The van der Waals surface area contributed by atoms with Crippen LogP contribution < -0.4 is 5.73 Å². The summed E-state index contributed by atoms with van der Waals surface area (Å²) in [6.07, 6.45) is 0.626. The first-order valence-electron chi connectivity index (χ1n) is 4.70. The molecule has 94 valence electrons. The van der Waals surface area contributed by atoms with Crippen molar-refractivity contribution in [2.45, 2.75) is 11.3 Å². The topological polar surface area (TPSA) is 77.2 Å². The number of rotatable bonds is 4. The Kier molecular flexibility index (Phi) is 3.94. The van der Waals surface area contributed by atoms with Crippen molar-refractivity contribution in [3.8, 4) is 0 Å². The van der Waals surface area contributed by atoms with E-state index in [0.717, 1.165) is 18.4 Å². The number of Topliss-reactive ketones (excluding diaryl/α,β-unsaturated/α-hetero) is 1. The quantitative estimate of drug-likeness (QED) is 0.819. The summed E-state index contributed by atoms with van der Waals surface area (Å²) in [5, 5.41) is 0. The lowest BCUT2D eigenvalue weighted by Gasteiger charge is -2.06. The molecule has 0 bridgehead atoms. The number of hydrogen-bond acceptors (Lipinski definition) is 4. The smallest absolute Gasteiger partial charge is 0.178 e. The van der Waals surface area contributed by atoms with Gasteiger partial charge in [-0.2, -0.15) is 0 Å².